The number of hydrogen-bond acceptors (Lipinski definition) is 2. The van der Waals surface area contributed by atoms with Crippen molar-refractivity contribution in [1.29, 1.82) is 0 Å². The molecule has 1 saturated heterocycles. The average molecular weight is 210 g/mol. The van der Waals surface area contributed by atoms with Crippen molar-refractivity contribution in [2.45, 2.75) is 44.9 Å². The summed E-state index contributed by atoms with van der Waals surface area (Å²) in [7, 11) is 0. The van der Waals surface area contributed by atoms with Gasteiger partial charge in [0, 0.05) is 6.54 Å². The van der Waals surface area contributed by atoms with Crippen LogP contribution in [-0.2, 0) is 4.79 Å². The van der Waals surface area contributed by atoms with Crippen LogP contribution in [0.4, 0.5) is 0 Å². The molecule has 1 aliphatic carbocycles. The quantitative estimate of drug-likeness (QED) is 0.740. The fourth-order valence-corrected chi connectivity index (χ4v) is 3.17. The Hall–Kier alpha value is -0.570. The molecule has 3 heteroatoms. The summed E-state index contributed by atoms with van der Waals surface area (Å²) < 4.78 is 0. The van der Waals surface area contributed by atoms with Crippen LogP contribution < -0.4 is 11.1 Å². The maximum absolute atomic E-state index is 11.6. The van der Waals surface area contributed by atoms with Crippen LogP contribution in [0.3, 0.4) is 0 Å². The van der Waals surface area contributed by atoms with E-state index in [-0.39, 0.29) is 11.3 Å². The van der Waals surface area contributed by atoms with Crippen LogP contribution in [-0.4, -0.2) is 19.0 Å². The molecule has 0 bridgehead atoms. The molecule has 3 N–H and O–H groups in total. The zero-order chi connectivity index (χ0) is 10.7. The Labute approximate surface area is 91.8 Å². The Morgan fingerprint density at radius 1 is 1.33 bits per heavy atom. The number of primary amides is 1. The van der Waals surface area contributed by atoms with Gasteiger partial charge >= 0.3 is 0 Å². The minimum atomic E-state index is -0.220. The molecule has 0 radical (unpaired) electrons. The number of carbonyl (C=O) groups is 1. The molecule has 3 nitrogen and oxygen atoms in total. The summed E-state index contributed by atoms with van der Waals surface area (Å²) in [5.74, 6) is 0.657. The van der Waals surface area contributed by atoms with Gasteiger partial charge in [0.2, 0.25) is 5.91 Å². The lowest BCUT2D eigenvalue weighted by Crippen LogP contribution is -2.40. The Morgan fingerprint density at radius 2 is 2.07 bits per heavy atom. The van der Waals surface area contributed by atoms with Crippen molar-refractivity contribution in [3.8, 4) is 0 Å². The van der Waals surface area contributed by atoms with Gasteiger partial charge in [-0.25, -0.2) is 0 Å². The summed E-state index contributed by atoms with van der Waals surface area (Å²) in [5, 5.41) is 3.28. The molecule has 1 unspecified atom stereocenters. The minimum absolute atomic E-state index is 0.0851. The fraction of sp³-hybridized carbons (Fsp3) is 0.917. The van der Waals surface area contributed by atoms with Crippen molar-refractivity contribution in [2.75, 3.05) is 13.1 Å². The van der Waals surface area contributed by atoms with E-state index in [1.54, 1.807) is 0 Å². The van der Waals surface area contributed by atoms with Gasteiger partial charge in [-0.05, 0) is 25.3 Å². The van der Waals surface area contributed by atoms with Crippen LogP contribution in [0.5, 0.6) is 0 Å². The van der Waals surface area contributed by atoms with Crippen LogP contribution in [0.15, 0.2) is 0 Å². The molecule has 0 spiro atoms. The van der Waals surface area contributed by atoms with Gasteiger partial charge < -0.3 is 11.1 Å². The largest absolute Gasteiger partial charge is 0.369 e. The molecule has 1 atom stereocenters. The molecule has 2 rings (SSSR count). The lowest BCUT2D eigenvalue weighted by Gasteiger charge is -2.31. The van der Waals surface area contributed by atoms with Gasteiger partial charge in [-0.2, -0.15) is 0 Å². The van der Waals surface area contributed by atoms with E-state index in [9.17, 15) is 4.79 Å². The first-order valence-electron chi connectivity index (χ1n) is 6.24. The second kappa shape index (κ2) is 4.52. The van der Waals surface area contributed by atoms with Gasteiger partial charge in [0.1, 0.15) is 0 Å². The summed E-state index contributed by atoms with van der Waals surface area (Å²) in [5.41, 5.74) is 5.35. The highest BCUT2D eigenvalue weighted by Crippen LogP contribution is 2.38. The van der Waals surface area contributed by atoms with Gasteiger partial charge in [0.25, 0.3) is 0 Å². The smallest absolute Gasteiger partial charge is 0.224 e. The molecular formula is C12H22N2O. The maximum Gasteiger partial charge on any atom is 0.224 e. The number of nitrogens with two attached hydrogens (primary N) is 1. The monoisotopic (exact) mass is 210 g/mol. The number of hydrogen-bond donors (Lipinski definition) is 2. The number of amides is 1. The average Bonchev–Trinajstić information content (AvgIpc) is 2.69. The van der Waals surface area contributed by atoms with Gasteiger partial charge in [-0.3, -0.25) is 4.79 Å². The van der Waals surface area contributed by atoms with Crippen molar-refractivity contribution < 1.29 is 4.79 Å². The molecule has 1 amide bonds. The van der Waals surface area contributed by atoms with E-state index >= 15 is 0 Å². The first-order chi connectivity index (χ1) is 7.23. The standard InChI is InChI=1S/C12H22N2O/c13-11(15)12(6-7-14-9-12)8-10-4-2-1-3-5-10/h10,14H,1-9H2,(H2,13,15). The molecular weight excluding hydrogens is 188 g/mol. The van der Waals surface area contributed by atoms with Crippen molar-refractivity contribution >= 4 is 5.91 Å². The lowest BCUT2D eigenvalue weighted by molar-refractivity contribution is -0.127. The van der Waals surface area contributed by atoms with Crippen LogP contribution in [0.1, 0.15) is 44.9 Å². The Balaban J connectivity index is 1.96. The topological polar surface area (TPSA) is 55.1 Å². The second-order valence-corrected chi connectivity index (χ2v) is 5.28. The third-order valence-electron chi connectivity index (χ3n) is 4.17. The van der Waals surface area contributed by atoms with Gasteiger partial charge in [0.15, 0.2) is 0 Å². The highest BCUT2D eigenvalue weighted by Gasteiger charge is 2.41. The third kappa shape index (κ3) is 2.33. The van der Waals surface area contributed by atoms with Gasteiger partial charge in [-0.15, -0.1) is 0 Å². The highest BCUT2D eigenvalue weighted by molar-refractivity contribution is 5.81. The minimum Gasteiger partial charge on any atom is -0.369 e. The van der Waals surface area contributed by atoms with Crippen molar-refractivity contribution in [2.24, 2.45) is 17.1 Å². The fourth-order valence-electron chi connectivity index (χ4n) is 3.17. The predicted octanol–water partition coefficient (Wildman–Crippen LogP) is 1.42. The molecule has 2 fully saturated rings. The third-order valence-corrected chi connectivity index (χ3v) is 4.17. The van der Waals surface area contributed by atoms with E-state index < -0.39 is 0 Å². The number of carbonyl (C=O) groups excluding carboxylic acids is 1. The van der Waals surface area contributed by atoms with E-state index in [0.29, 0.717) is 0 Å². The molecule has 1 saturated carbocycles. The normalized spacial score (nSPS) is 33.1. The number of nitrogens with one attached hydrogen (secondary N) is 1. The van der Waals surface area contributed by atoms with Crippen molar-refractivity contribution in [3.05, 3.63) is 0 Å². The molecule has 15 heavy (non-hydrogen) atoms. The van der Waals surface area contributed by atoms with Crippen LogP contribution in [0.25, 0.3) is 0 Å². The first kappa shape index (κ1) is 10.9. The summed E-state index contributed by atoms with van der Waals surface area (Å²) >= 11 is 0. The van der Waals surface area contributed by atoms with Crippen LogP contribution in [0, 0.1) is 11.3 Å². The molecule has 1 heterocycles. The SMILES string of the molecule is NC(=O)C1(CC2CCCCC2)CCNC1. The molecule has 1 aliphatic heterocycles. The van der Waals surface area contributed by atoms with E-state index in [0.717, 1.165) is 31.8 Å². The Kier molecular flexibility index (Phi) is 3.29. The zero-order valence-electron chi connectivity index (χ0n) is 9.43. The van der Waals surface area contributed by atoms with E-state index in [4.69, 9.17) is 5.73 Å². The molecule has 2 aliphatic rings. The molecule has 0 aromatic heterocycles. The molecule has 86 valence electrons. The molecule has 0 aromatic rings. The van der Waals surface area contributed by atoms with E-state index in [1.807, 2.05) is 0 Å². The Morgan fingerprint density at radius 3 is 2.60 bits per heavy atom. The van der Waals surface area contributed by atoms with Crippen LogP contribution in [0.2, 0.25) is 0 Å². The summed E-state index contributed by atoms with van der Waals surface area (Å²) in [6, 6.07) is 0. The van der Waals surface area contributed by atoms with Crippen LogP contribution >= 0.6 is 0 Å². The second-order valence-electron chi connectivity index (χ2n) is 5.28. The van der Waals surface area contributed by atoms with Gasteiger partial charge in [-0.1, -0.05) is 32.1 Å². The maximum atomic E-state index is 11.6. The number of rotatable bonds is 3. The Bertz CT molecular complexity index is 228. The summed E-state index contributed by atoms with van der Waals surface area (Å²) in [4.78, 5) is 11.6. The predicted molar refractivity (Wildman–Crippen MR) is 60.3 cm³/mol. The highest BCUT2D eigenvalue weighted by atomic mass is 16.1. The summed E-state index contributed by atoms with van der Waals surface area (Å²) in [6.45, 7) is 1.76. The van der Waals surface area contributed by atoms with Gasteiger partial charge in [0.05, 0.1) is 5.41 Å². The van der Waals surface area contributed by atoms with Crippen molar-refractivity contribution in [3.63, 3.8) is 0 Å². The lowest BCUT2D eigenvalue weighted by atomic mass is 9.73. The van der Waals surface area contributed by atoms with E-state index in [2.05, 4.69) is 5.32 Å². The van der Waals surface area contributed by atoms with E-state index in [1.165, 1.54) is 32.1 Å². The van der Waals surface area contributed by atoms with Crippen molar-refractivity contribution in [1.82, 2.24) is 5.32 Å². The summed E-state index contributed by atoms with van der Waals surface area (Å²) in [6.07, 6.45) is 8.62. The first-order valence-corrected chi connectivity index (χ1v) is 6.24. The molecule has 0 aromatic carbocycles. The zero-order valence-corrected chi connectivity index (χ0v) is 9.43.